The van der Waals surface area contributed by atoms with Crippen molar-refractivity contribution in [3.63, 3.8) is 0 Å². The van der Waals surface area contributed by atoms with Crippen molar-refractivity contribution in [1.82, 2.24) is 20.2 Å². The lowest BCUT2D eigenvalue weighted by Crippen LogP contribution is -2.00. The minimum atomic E-state index is 0.00708. The van der Waals surface area contributed by atoms with Crippen molar-refractivity contribution in [3.05, 3.63) is 53.5 Å². The summed E-state index contributed by atoms with van der Waals surface area (Å²) >= 11 is 0. The van der Waals surface area contributed by atoms with Gasteiger partial charge in [-0.05, 0) is 37.1 Å². The molecule has 0 atom stereocenters. The van der Waals surface area contributed by atoms with Gasteiger partial charge in [-0.3, -0.25) is 10.1 Å². The molecule has 7 nitrogen and oxygen atoms in total. The van der Waals surface area contributed by atoms with E-state index in [1.165, 1.54) is 0 Å². The minimum absolute atomic E-state index is 0.00708. The third kappa shape index (κ3) is 3.64. The highest BCUT2D eigenvalue weighted by Gasteiger charge is 2.04. The van der Waals surface area contributed by atoms with Gasteiger partial charge in [-0.2, -0.15) is 5.10 Å². The molecule has 0 aliphatic carbocycles. The van der Waals surface area contributed by atoms with Gasteiger partial charge in [0.15, 0.2) is 17.5 Å². The average molecular weight is 310 g/mol. The molecule has 0 amide bonds. The SMILES string of the molecule is Cc1cc(Nc2cncc(Nc3ccc(C)c(CO)c3)n2)n[nH]1. The lowest BCUT2D eigenvalue weighted by molar-refractivity contribution is 0.281. The summed E-state index contributed by atoms with van der Waals surface area (Å²) < 4.78 is 0. The molecule has 1 aromatic carbocycles. The first kappa shape index (κ1) is 15.0. The minimum Gasteiger partial charge on any atom is -0.392 e. The molecule has 118 valence electrons. The number of aliphatic hydroxyl groups is 1. The van der Waals surface area contributed by atoms with Gasteiger partial charge in [-0.1, -0.05) is 6.07 Å². The number of benzene rings is 1. The van der Waals surface area contributed by atoms with Crippen molar-refractivity contribution in [1.29, 1.82) is 0 Å². The van der Waals surface area contributed by atoms with E-state index < -0.39 is 0 Å². The van der Waals surface area contributed by atoms with E-state index in [1.54, 1.807) is 12.4 Å². The fourth-order valence-electron chi connectivity index (χ4n) is 2.17. The predicted octanol–water partition coefficient (Wildman–Crippen LogP) is 2.80. The van der Waals surface area contributed by atoms with Crippen LogP contribution in [0.5, 0.6) is 0 Å². The molecule has 3 rings (SSSR count). The molecule has 0 saturated heterocycles. The van der Waals surface area contributed by atoms with Crippen LogP contribution in [0.3, 0.4) is 0 Å². The molecule has 0 bridgehead atoms. The molecule has 0 aliphatic heterocycles. The molecule has 23 heavy (non-hydrogen) atoms. The second kappa shape index (κ2) is 6.45. The fraction of sp³-hybridized carbons (Fsp3) is 0.188. The van der Waals surface area contributed by atoms with Crippen LogP contribution in [0.15, 0.2) is 36.7 Å². The van der Waals surface area contributed by atoms with Crippen molar-refractivity contribution in [2.24, 2.45) is 0 Å². The lowest BCUT2D eigenvalue weighted by Gasteiger charge is -2.10. The Morgan fingerprint density at radius 1 is 1.04 bits per heavy atom. The van der Waals surface area contributed by atoms with Gasteiger partial charge >= 0.3 is 0 Å². The molecule has 2 heterocycles. The zero-order valence-electron chi connectivity index (χ0n) is 13.0. The largest absolute Gasteiger partial charge is 0.392 e. The van der Waals surface area contributed by atoms with Crippen molar-refractivity contribution in [2.45, 2.75) is 20.5 Å². The van der Waals surface area contributed by atoms with Crippen molar-refractivity contribution >= 4 is 23.1 Å². The number of anilines is 4. The van der Waals surface area contributed by atoms with Crippen LogP contribution in [-0.4, -0.2) is 25.3 Å². The maximum Gasteiger partial charge on any atom is 0.153 e. The van der Waals surface area contributed by atoms with Crippen LogP contribution < -0.4 is 10.6 Å². The number of hydrogen-bond acceptors (Lipinski definition) is 6. The zero-order chi connectivity index (χ0) is 16.2. The van der Waals surface area contributed by atoms with E-state index in [9.17, 15) is 5.11 Å². The molecule has 0 radical (unpaired) electrons. The van der Waals surface area contributed by atoms with Gasteiger partial charge in [0, 0.05) is 17.4 Å². The second-order valence-electron chi connectivity index (χ2n) is 5.28. The summed E-state index contributed by atoms with van der Waals surface area (Å²) in [7, 11) is 0. The maximum absolute atomic E-state index is 9.34. The Morgan fingerprint density at radius 3 is 2.52 bits per heavy atom. The first-order valence-electron chi connectivity index (χ1n) is 7.22. The Hall–Kier alpha value is -2.93. The number of aryl methyl sites for hydroxylation is 2. The number of aromatic amines is 1. The third-order valence-electron chi connectivity index (χ3n) is 3.39. The normalized spacial score (nSPS) is 10.6. The fourth-order valence-corrected chi connectivity index (χ4v) is 2.17. The Balaban J connectivity index is 1.77. The molecule has 2 aromatic heterocycles. The number of aliphatic hydroxyl groups excluding tert-OH is 1. The van der Waals surface area contributed by atoms with E-state index in [1.807, 2.05) is 38.1 Å². The molecular weight excluding hydrogens is 292 g/mol. The molecule has 0 saturated carbocycles. The molecule has 4 N–H and O–H groups in total. The van der Waals surface area contributed by atoms with Crippen LogP contribution in [0.2, 0.25) is 0 Å². The van der Waals surface area contributed by atoms with Gasteiger partial charge in [-0.15, -0.1) is 0 Å². The summed E-state index contributed by atoms with van der Waals surface area (Å²) in [5, 5.41) is 22.6. The van der Waals surface area contributed by atoms with Crippen molar-refractivity contribution in [2.75, 3.05) is 10.6 Å². The van der Waals surface area contributed by atoms with Crippen LogP contribution in [0, 0.1) is 13.8 Å². The molecular formula is C16H18N6O. The zero-order valence-corrected chi connectivity index (χ0v) is 13.0. The third-order valence-corrected chi connectivity index (χ3v) is 3.39. The van der Waals surface area contributed by atoms with E-state index in [0.29, 0.717) is 17.5 Å². The Kier molecular flexibility index (Phi) is 4.20. The molecule has 3 aromatic rings. The van der Waals surface area contributed by atoms with Crippen LogP contribution in [-0.2, 0) is 6.61 Å². The van der Waals surface area contributed by atoms with Gasteiger partial charge in [-0.25, -0.2) is 4.98 Å². The number of nitrogens with zero attached hydrogens (tertiary/aromatic N) is 3. The molecule has 0 fully saturated rings. The highest BCUT2D eigenvalue weighted by molar-refractivity contribution is 5.60. The topological polar surface area (TPSA) is 98.8 Å². The predicted molar refractivity (Wildman–Crippen MR) is 89.0 cm³/mol. The number of hydrogen-bond donors (Lipinski definition) is 4. The summed E-state index contributed by atoms with van der Waals surface area (Å²) in [5.74, 6) is 1.89. The number of H-pyrrole nitrogens is 1. The van der Waals surface area contributed by atoms with Crippen molar-refractivity contribution < 1.29 is 5.11 Å². The lowest BCUT2D eigenvalue weighted by atomic mass is 10.1. The maximum atomic E-state index is 9.34. The molecule has 0 spiro atoms. The molecule has 0 aliphatic rings. The smallest absolute Gasteiger partial charge is 0.153 e. The number of nitrogens with one attached hydrogen (secondary N) is 3. The molecule has 0 unspecified atom stereocenters. The van der Waals surface area contributed by atoms with Crippen molar-refractivity contribution in [3.8, 4) is 0 Å². The highest BCUT2D eigenvalue weighted by Crippen LogP contribution is 2.20. The quantitative estimate of drug-likeness (QED) is 0.578. The summed E-state index contributed by atoms with van der Waals surface area (Å²) in [5.41, 5.74) is 3.74. The van der Waals surface area contributed by atoms with Crippen LogP contribution >= 0.6 is 0 Å². The van der Waals surface area contributed by atoms with Crippen LogP contribution in [0.1, 0.15) is 16.8 Å². The average Bonchev–Trinajstić information content (AvgIpc) is 2.94. The molecule has 7 heteroatoms. The number of rotatable bonds is 5. The summed E-state index contributed by atoms with van der Waals surface area (Å²) in [6.45, 7) is 3.90. The second-order valence-corrected chi connectivity index (χ2v) is 5.28. The Morgan fingerprint density at radius 2 is 1.83 bits per heavy atom. The number of aromatic nitrogens is 4. The van der Waals surface area contributed by atoms with E-state index >= 15 is 0 Å². The highest BCUT2D eigenvalue weighted by atomic mass is 16.3. The summed E-state index contributed by atoms with van der Waals surface area (Å²) in [6, 6.07) is 7.67. The monoisotopic (exact) mass is 310 g/mol. The van der Waals surface area contributed by atoms with E-state index in [-0.39, 0.29) is 6.61 Å². The first-order valence-corrected chi connectivity index (χ1v) is 7.22. The Labute approximate surface area is 133 Å². The Bertz CT molecular complexity index is 814. The first-order chi connectivity index (χ1) is 11.1. The van der Waals surface area contributed by atoms with E-state index in [4.69, 9.17) is 0 Å². The van der Waals surface area contributed by atoms with Gasteiger partial charge in [0.25, 0.3) is 0 Å². The van der Waals surface area contributed by atoms with E-state index in [0.717, 1.165) is 22.5 Å². The van der Waals surface area contributed by atoms with Crippen LogP contribution in [0.4, 0.5) is 23.1 Å². The van der Waals surface area contributed by atoms with Gasteiger partial charge in [0.2, 0.25) is 0 Å². The van der Waals surface area contributed by atoms with Gasteiger partial charge in [0.05, 0.1) is 19.0 Å². The summed E-state index contributed by atoms with van der Waals surface area (Å²) in [6.07, 6.45) is 3.27. The summed E-state index contributed by atoms with van der Waals surface area (Å²) in [4.78, 5) is 8.62. The standard InChI is InChI=1S/C16H18N6O/c1-10-3-4-13(6-12(10)9-23)18-15-7-17-8-16(20-15)19-14-5-11(2)21-22-14/h3-8,23H,9H2,1-2H3,(H3,18,19,20,21,22). The van der Waals surface area contributed by atoms with Gasteiger partial charge in [0.1, 0.15) is 0 Å². The van der Waals surface area contributed by atoms with E-state index in [2.05, 4.69) is 30.8 Å². The van der Waals surface area contributed by atoms with Crippen LogP contribution in [0.25, 0.3) is 0 Å². The van der Waals surface area contributed by atoms with Gasteiger partial charge < -0.3 is 15.7 Å².